The van der Waals surface area contributed by atoms with Crippen molar-refractivity contribution in [1.82, 2.24) is 19.1 Å². The van der Waals surface area contributed by atoms with Crippen molar-refractivity contribution in [1.29, 1.82) is 0 Å². The van der Waals surface area contributed by atoms with Crippen LogP contribution in [0.3, 0.4) is 0 Å². The lowest BCUT2D eigenvalue weighted by Gasteiger charge is -1.97. The van der Waals surface area contributed by atoms with E-state index in [0.717, 1.165) is 12.2 Å². The molecule has 0 aromatic carbocycles. The van der Waals surface area contributed by atoms with Gasteiger partial charge in [0.15, 0.2) is 0 Å². The van der Waals surface area contributed by atoms with E-state index in [9.17, 15) is 10.1 Å². The molecule has 2 aromatic rings. The molecule has 0 amide bonds. The Hall–Kier alpha value is -1.83. The lowest BCUT2D eigenvalue weighted by molar-refractivity contribution is -0.384. The predicted octanol–water partition coefficient (Wildman–Crippen LogP) is 1.83. The summed E-state index contributed by atoms with van der Waals surface area (Å²) in [5.41, 5.74) is -0.0504. The van der Waals surface area contributed by atoms with E-state index in [4.69, 9.17) is 0 Å². The summed E-state index contributed by atoms with van der Waals surface area (Å²) in [6, 6.07) is 0. The van der Waals surface area contributed by atoms with Gasteiger partial charge < -0.3 is 0 Å². The van der Waals surface area contributed by atoms with Crippen LogP contribution < -0.4 is 0 Å². The van der Waals surface area contributed by atoms with Gasteiger partial charge in [0.1, 0.15) is 18.2 Å². The zero-order chi connectivity index (χ0) is 12.4. The van der Waals surface area contributed by atoms with Gasteiger partial charge in [0.05, 0.1) is 4.92 Å². The van der Waals surface area contributed by atoms with E-state index in [2.05, 4.69) is 28.3 Å². The summed E-state index contributed by atoms with van der Waals surface area (Å²) in [7, 11) is 0. The molecule has 0 aliphatic heterocycles. The molecule has 0 saturated carbocycles. The fraction of sp³-hybridized carbons (Fsp3) is 0.444. The van der Waals surface area contributed by atoms with Crippen molar-refractivity contribution in [2.45, 2.75) is 20.3 Å². The average Bonchev–Trinajstić information content (AvgIpc) is 2.83. The summed E-state index contributed by atoms with van der Waals surface area (Å²) >= 11 is 1.19. The molecule has 2 heterocycles. The molecule has 7 nitrogen and oxygen atoms in total. The van der Waals surface area contributed by atoms with Gasteiger partial charge in [0.2, 0.25) is 5.13 Å². The molecule has 0 radical (unpaired) electrons. The quantitative estimate of drug-likeness (QED) is 0.612. The van der Waals surface area contributed by atoms with Crippen molar-refractivity contribution in [3.63, 3.8) is 0 Å². The van der Waals surface area contributed by atoms with Crippen molar-refractivity contribution in [3.05, 3.63) is 28.3 Å². The van der Waals surface area contributed by atoms with Crippen LogP contribution in [0.5, 0.6) is 0 Å². The van der Waals surface area contributed by atoms with Crippen LogP contribution in [0.1, 0.15) is 19.7 Å². The molecular weight excluding hydrogens is 242 g/mol. The summed E-state index contributed by atoms with van der Waals surface area (Å²) in [5.74, 6) is 1.22. The van der Waals surface area contributed by atoms with Crippen molar-refractivity contribution < 1.29 is 4.92 Å². The Labute approximate surface area is 101 Å². The second-order valence-corrected chi connectivity index (χ2v) is 4.72. The molecule has 0 spiro atoms. The molecule has 2 rings (SSSR count). The highest BCUT2D eigenvalue weighted by atomic mass is 32.1. The zero-order valence-corrected chi connectivity index (χ0v) is 10.2. The SMILES string of the molecule is CC(C)Cc1nsc(-n2cc([N+](=O)[O-])cn2)n1. The average molecular weight is 253 g/mol. The number of nitro groups is 1. The minimum atomic E-state index is -0.487. The first-order valence-corrected chi connectivity index (χ1v) is 5.85. The molecule has 0 unspecified atom stereocenters. The number of hydrogen-bond donors (Lipinski definition) is 0. The molecule has 17 heavy (non-hydrogen) atoms. The standard InChI is InChI=1S/C9H11N5O2S/c1-6(2)3-8-11-9(17-12-8)13-5-7(4-10-13)14(15)16/h4-6H,3H2,1-2H3. The summed E-state index contributed by atoms with van der Waals surface area (Å²) in [6.07, 6.45) is 3.32. The molecule has 0 aliphatic rings. The third-order valence-electron chi connectivity index (χ3n) is 2.02. The van der Waals surface area contributed by atoms with Gasteiger partial charge in [0.25, 0.3) is 0 Å². The number of aromatic nitrogens is 4. The highest BCUT2D eigenvalue weighted by Gasteiger charge is 2.13. The molecular formula is C9H11N5O2S. The van der Waals surface area contributed by atoms with Gasteiger partial charge in [-0.1, -0.05) is 13.8 Å². The molecule has 0 aliphatic carbocycles. The first kappa shape index (κ1) is 11.6. The maximum absolute atomic E-state index is 10.5. The minimum Gasteiger partial charge on any atom is -0.258 e. The summed E-state index contributed by atoms with van der Waals surface area (Å²) < 4.78 is 5.56. The van der Waals surface area contributed by atoms with E-state index in [1.165, 1.54) is 28.6 Å². The van der Waals surface area contributed by atoms with Crippen molar-refractivity contribution in [2.75, 3.05) is 0 Å². The van der Waals surface area contributed by atoms with Crippen molar-refractivity contribution in [2.24, 2.45) is 5.92 Å². The summed E-state index contributed by atoms with van der Waals surface area (Å²) in [6.45, 7) is 4.17. The largest absolute Gasteiger partial charge is 0.307 e. The van der Waals surface area contributed by atoms with Gasteiger partial charge in [-0.05, 0) is 5.92 Å². The van der Waals surface area contributed by atoms with E-state index < -0.39 is 4.92 Å². The topological polar surface area (TPSA) is 86.7 Å². The first-order valence-electron chi connectivity index (χ1n) is 5.08. The monoisotopic (exact) mass is 253 g/mol. The van der Waals surface area contributed by atoms with Crippen LogP contribution in [-0.2, 0) is 6.42 Å². The second-order valence-electron chi connectivity index (χ2n) is 3.99. The Morgan fingerprint density at radius 3 is 2.94 bits per heavy atom. The predicted molar refractivity (Wildman–Crippen MR) is 62.2 cm³/mol. The summed E-state index contributed by atoms with van der Waals surface area (Å²) in [4.78, 5) is 14.3. The van der Waals surface area contributed by atoms with Gasteiger partial charge in [-0.25, -0.2) is 9.67 Å². The van der Waals surface area contributed by atoms with E-state index in [-0.39, 0.29) is 5.69 Å². The Morgan fingerprint density at radius 1 is 1.59 bits per heavy atom. The number of hydrogen-bond acceptors (Lipinski definition) is 6. The Bertz CT molecular complexity index is 533. The minimum absolute atomic E-state index is 0.0504. The third kappa shape index (κ3) is 2.64. The second kappa shape index (κ2) is 4.58. The smallest absolute Gasteiger partial charge is 0.258 e. The molecule has 0 fully saturated rings. The van der Waals surface area contributed by atoms with Crippen molar-refractivity contribution >= 4 is 17.2 Å². The summed E-state index contributed by atoms with van der Waals surface area (Å²) in [5, 5.41) is 14.9. The molecule has 0 atom stereocenters. The Kier molecular flexibility index (Phi) is 3.14. The molecule has 0 saturated heterocycles. The van der Waals surface area contributed by atoms with Crippen LogP contribution in [0.4, 0.5) is 5.69 Å². The van der Waals surface area contributed by atoms with E-state index in [1.54, 1.807) is 0 Å². The highest BCUT2D eigenvalue weighted by Crippen LogP contribution is 2.16. The van der Waals surface area contributed by atoms with Crippen LogP contribution in [0.15, 0.2) is 12.4 Å². The van der Waals surface area contributed by atoms with E-state index in [0.29, 0.717) is 11.0 Å². The maximum atomic E-state index is 10.5. The van der Waals surface area contributed by atoms with Crippen LogP contribution in [0, 0.1) is 16.0 Å². The van der Waals surface area contributed by atoms with Crippen LogP contribution in [0.2, 0.25) is 0 Å². The van der Waals surface area contributed by atoms with Crippen molar-refractivity contribution in [3.8, 4) is 5.13 Å². The zero-order valence-electron chi connectivity index (χ0n) is 9.40. The lowest BCUT2D eigenvalue weighted by atomic mass is 10.1. The third-order valence-corrected chi connectivity index (χ3v) is 2.77. The van der Waals surface area contributed by atoms with Crippen LogP contribution >= 0.6 is 11.5 Å². The van der Waals surface area contributed by atoms with Gasteiger partial charge in [0, 0.05) is 18.0 Å². The molecule has 0 bridgehead atoms. The van der Waals surface area contributed by atoms with Gasteiger partial charge in [-0.2, -0.15) is 9.47 Å². The van der Waals surface area contributed by atoms with Crippen LogP contribution in [0.25, 0.3) is 5.13 Å². The lowest BCUT2D eigenvalue weighted by Crippen LogP contribution is -1.98. The van der Waals surface area contributed by atoms with Gasteiger partial charge in [-0.3, -0.25) is 10.1 Å². The fourth-order valence-electron chi connectivity index (χ4n) is 1.30. The molecule has 90 valence electrons. The molecule has 2 aromatic heterocycles. The molecule has 0 N–H and O–H groups in total. The maximum Gasteiger partial charge on any atom is 0.307 e. The van der Waals surface area contributed by atoms with E-state index >= 15 is 0 Å². The van der Waals surface area contributed by atoms with Crippen LogP contribution in [-0.4, -0.2) is 24.1 Å². The van der Waals surface area contributed by atoms with Gasteiger partial charge in [-0.15, -0.1) is 0 Å². The Balaban J connectivity index is 2.21. The van der Waals surface area contributed by atoms with Gasteiger partial charge >= 0.3 is 5.69 Å². The fourth-order valence-corrected chi connectivity index (χ4v) is 1.93. The number of rotatable bonds is 4. The number of nitrogens with zero attached hydrogens (tertiary/aromatic N) is 5. The normalized spacial score (nSPS) is 11.0. The first-order chi connectivity index (χ1) is 8.06. The van der Waals surface area contributed by atoms with E-state index in [1.807, 2.05) is 0 Å². The molecule has 8 heteroatoms. The highest BCUT2D eigenvalue weighted by molar-refractivity contribution is 7.08. The Morgan fingerprint density at radius 2 is 2.35 bits per heavy atom.